The molecule has 0 atom stereocenters. The van der Waals surface area contributed by atoms with Crippen LogP contribution in [0.2, 0.25) is 10.0 Å². The summed E-state index contributed by atoms with van der Waals surface area (Å²) in [5.74, 6) is 0. The molecule has 5 nitrogen and oxygen atoms in total. The Kier molecular flexibility index (Phi) is 6.84. The molecule has 0 bridgehead atoms. The van der Waals surface area contributed by atoms with Gasteiger partial charge in [-0.05, 0) is 55.7 Å². The number of rotatable bonds is 5. The van der Waals surface area contributed by atoms with E-state index in [0.29, 0.717) is 31.2 Å². The topological polar surface area (TPSA) is 53.5 Å². The second-order valence-electron chi connectivity index (χ2n) is 8.14. The lowest BCUT2D eigenvalue weighted by molar-refractivity contribution is 0.384. The standard InChI is InChI=1S/C23H25Cl2N3O2S2/c1-15-10-16(2)20(17(3)11-15)12-18-14-31-23(26-18)27-6-8-28(9-7-27)32(29,30)19-4-5-21(24)22(25)13-19/h4-5,10-11,13-14H,6-9,12H2,1-3H3. The Bertz CT molecular complexity index is 1230. The Labute approximate surface area is 203 Å². The van der Waals surface area contributed by atoms with Gasteiger partial charge in [0.1, 0.15) is 0 Å². The smallest absolute Gasteiger partial charge is 0.243 e. The minimum Gasteiger partial charge on any atom is -0.345 e. The maximum atomic E-state index is 13.0. The minimum absolute atomic E-state index is 0.167. The van der Waals surface area contributed by atoms with Gasteiger partial charge in [-0.25, -0.2) is 13.4 Å². The molecule has 32 heavy (non-hydrogen) atoms. The van der Waals surface area contributed by atoms with Gasteiger partial charge < -0.3 is 4.90 Å². The number of nitrogens with zero attached hydrogens (tertiary/aromatic N) is 3. The molecule has 9 heteroatoms. The average Bonchev–Trinajstić information content (AvgIpc) is 3.21. The van der Waals surface area contributed by atoms with Gasteiger partial charge in [-0.15, -0.1) is 11.3 Å². The summed E-state index contributed by atoms with van der Waals surface area (Å²) < 4.78 is 27.5. The number of thiazole rings is 1. The Hall–Kier alpha value is -1.64. The summed E-state index contributed by atoms with van der Waals surface area (Å²) in [4.78, 5) is 7.17. The summed E-state index contributed by atoms with van der Waals surface area (Å²) >= 11 is 13.6. The van der Waals surface area contributed by atoms with E-state index in [1.807, 2.05) is 0 Å². The van der Waals surface area contributed by atoms with Gasteiger partial charge in [-0.3, -0.25) is 0 Å². The average molecular weight is 511 g/mol. The highest BCUT2D eigenvalue weighted by molar-refractivity contribution is 7.89. The zero-order valence-corrected chi connectivity index (χ0v) is 21.4. The predicted molar refractivity (Wildman–Crippen MR) is 133 cm³/mol. The molecule has 0 N–H and O–H groups in total. The summed E-state index contributed by atoms with van der Waals surface area (Å²) in [6, 6.07) is 8.85. The number of anilines is 1. The van der Waals surface area contributed by atoms with E-state index < -0.39 is 10.0 Å². The van der Waals surface area contributed by atoms with Crippen LogP contribution in [0, 0.1) is 20.8 Å². The molecule has 0 saturated carbocycles. The van der Waals surface area contributed by atoms with Crippen molar-refractivity contribution in [3.8, 4) is 0 Å². The second-order valence-corrected chi connectivity index (χ2v) is 11.7. The summed E-state index contributed by atoms with van der Waals surface area (Å²) in [6.07, 6.45) is 0.806. The Morgan fingerprint density at radius 3 is 2.25 bits per heavy atom. The van der Waals surface area contributed by atoms with Gasteiger partial charge in [-0.2, -0.15) is 4.31 Å². The highest BCUT2D eigenvalue weighted by Crippen LogP contribution is 2.29. The van der Waals surface area contributed by atoms with Gasteiger partial charge >= 0.3 is 0 Å². The van der Waals surface area contributed by atoms with Crippen LogP contribution in [0.3, 0.4) is 0 Å². The first-order valence-corrected chi connectivity index (χ1v) is 13.4. The van der Waals surface area contributed by atoms with E-state index in [1.165, 1.54) is 44.8 Å². The van der Waals surface area contributed by atoms with Gasteiger partial charge in [0.05, 0.1) is 20.6 Å². The van der Waals surface area contributed by atoms with Crippen LogP contribution in [0.4, 0.5) is 5.13 Å². The van der Waals surface area contributed by atoms with Crippen molar-refractivity contribution < 1.29 is 8.42 Å². The largest absolute Gasteiger partial charge is 0.345 e. The van der Waals surface area contributed by atoms with Crippen LogP contribution in [0.25, 0.3) is 0 Å². The van der Waals surface area contributed by atoms with Crippen LogP contribution >= 0.6 is 34.5 Å². The Morgan fingerprint density at radius 2 is 1.62 bits per heavy atom. The van der Waals surface area contributed by atoms with Crippen LogP contribution in [-0.4, -0.2) is 43.9 Å². The van der Waals surface area contributed by atoms with Crippen molar-refractivity contribution in [2.45, 2.75) is 32.1 Å². The third-order valence-corrected chi connectivity index (χ3v) is 9.36. The molecule has 1 saturated heterocycles. The van der Waals surface area contributed by atoms with Gasteiger partial charge in [0.2, 0.25) is 10.0 Å². The number of aryl methyl sites for hydroxylation is 3. The third-order valence-electron chi connectivity index (χ3n) is 5.78. The van der Waals surface area contributed by atoms with Crippen LogP contribution in [0.1, 0.15) is 27.9 Å². The lowest BCUT2D eigenvalue weighted by Crippen LogP contribution is -2.48. The highest BCUT2D eigenvalue weighted by atomic mass is 35.5. The molecule has 0 aliphatic carbocycles. The summed E-state index contributed by atoms with van der Waals surface area (Å²) in [7, 11) is -3.61. The molecule has 1 fully saturated rings. The molecule has 4 rings (SSSR count). The molecular formula is C23H25Cl2N3O2S2. The maximum absolute atomic E-state index is 13.0. The lowest BCUT2D eigenvalue weighted by Gasteiger charge is -2.33. The molecule has 1 aliphatic rings. The molecule has 0 spiro atoms. The zero-order valence-electron chi connectivity index (χ0n) is 18.2. The van der Waals surface area contributed by atoms with Crippen LogP contribution in [-0.2, 0) is 16.4 Å². The molecule has 170 valence electrons. The van der Waals surface area contributed by atoms with E-state index in [0.717, 1.165) is 17.2 Å². The van der Waals surface area contributed by atoms with E-state index in [4.69, 9.17) is 28.2 Å². The number of hydrogen-bond acceptors (Lipinski definition) is 5. The van der Waals surface area contributed by atoms with E-state index in [2.05, 4.69) is 43.2 Å². The summed E-state index contributed by atoms with van der Waals surface area (Å²) in [6.45, 7) is 8.39. The molecule has 3 aromatic rings. The molecular weight excluding hydrogens is 485 g/mol. The van der Waals surface area contributed by atoms with Crippen LogP contribution in [0.5, 0.6) is 0 Å². The molecule has 0 amide bonds. The molecule has 1 aromatic heterocycles. The highest BCUT2D eigenvalue weighted by Gasteiger charge is 2.29. The Balaban J connectivity index is 1.43. The molecule has 0 unspecified atom stereocenters. The van der Waals surface area contributed by atoms with Gasteiger partial charge in [-0.1, -0.05) is 40.9 Å². The molecule has 2 heterocycles. The molecule has 0 radical (unpaired) electrons. The fraction of sp³-hybridized carbons (Fsp3) is 0.348. The third kappa shape index (κ3) is 4.82. The first-order valence-electron chi connectivity index (χ1n) is 10.4. The van der Waals surface area contributed by atoms with Crippen LogP contribution in [0.15, 0.2) is 40.6 Å². The van der Waals surface area contributed by atoms with Crippen molar-refractivity contribution in [1.82, 2.24) is 9.29 Å². The molecule has 2 aromatic carbocycles. The summed E-state index contributed by atoms with van der Waals surface area (Å²) in [5.41, 5.74) is 6.23. The van der Waals surface area contributed by atoms with Gasteiger partial charge in [0.15, 0.2) is 5.13 Å². The first kappa shape index (κ1) is 23.5. The fourth-order valence-corrected chi connectivity index (χ4v) is 6.79. The second kappa shape index (κ2) is 9.31. The monoisotopic (exact) mass is 509 g/mol. The quantitative estimate of drug-likeness (QED) is 0.457. The normalized spacial score (nSPS) is 15.3. The van der Waals surface area contributed by atoms with E-state index in [9.17, 15) is 8.42 Å². The number of piperazine rings is 1. The number of benzene rings is 2. The lowest BCUT2D eigenvalue weighted by atomic mass is 9.96. The van der Waals surface area contributed by atoms with Crippen molar-refractivity contribution in [2.75, 3.05) is 31.1 Å². The molecule has 1 aliphatic heterocycles. The summed E-state index contributed by atoms with van der Waals surface area (Å²) in [5, 5.41) is 3.62. The van der Waals surface area contributed by atoms with Gasteiger partial charge in [0, 0.05) is 38.0 Å². The Morgan fingerprint density at radius 1 is 0.969 bits per heavy atom. The van der Waals surface area contributed by atoms with Crippen molar-refractivity contribution in [3.63, 3.8) is 0 Å². The number of sulfonamides is 1. The first-order chi connectivity index (χ1) is 15.1. The van der Waals surface area contributed by atoms with E-state index >= 15 is 0 Å². The predicted octanol–water partition coefficient (Wildman–Crippen LogP) is 5.48. The van der Waals surface area contributed by atoms with E-state index in [-0.39, 0.29) is 9.92 Å². The van der Waals surface area contributed by atoms with Crippen molar-refractivity contribution in [3.05, 3.63) is 73.7 Å². The number of hydrogen-bond donors (Lipinski definition) is 0. The zero-order chi connectivity index (χ0) is 23.0. The minimum atomic E-state index is -3.61. The number of aromatic nitrogens is 1. The fourth-order valence-electron chi connectivity index (χ4n) is 4.10. The van der Waals surface area contributed by atoms with Crippen molar-refractivity contribution in [1.29, 1.82) is 0 Å². The van der Waals surface area contributed by atoms with Gasteiger partial charge in [0.25, 0.3) is 0 Å². The maximum Gasteiger partial charge on any atom is 0.243 e. The van der Waals surface area contributed by atoms with Crippen molar-refractivity contribution in [2.24, 2.45) is 0 Å². The van der Waals surface area contributed by atoms with Crippen molar-refractivity contribution >= 4 is 49.7 Å². The van der Waals surface area contributed by atoms with E-state index in [1.54, 1.807) is 11.3 Å². The SMILES string of the molecule is Cc1cc(C)c(Cc2csc(N3CCN(S(=O)(=O)c4ccc(Cl)c(Cl)c4)CC3)n2)c(C)c1. The number of halogens is 2. The van der Waals surface area contributed by atoms with Crippen LogP contribution < -0.4 is 4.90 Å².